The van der Waals surface area contributed by atoms with E-state index in [4.69, 9.17) is 37.8 Å². The van der Waals surface area contributed by atoms with Crippen LogP contribution in [0.5, 0.6) is 5.75 Å². The normalized spacial score (nSPS) is 11.1. The Hall–Kier alpha value is -1.82. The Balaban J connectivity index is 1.74. The number of aliphatic hydroxyl groups excluding tert-OH is 1. The van der Waals surface area contributed by atoms with Crippen LogP contribution in [0.2, 0.25) is 10.0 Å². The molecule has 3 rings (SSSR count). The molecule has 0 aliphatic rings. The molecule has 0 saturated heterocycles. The van der Waals surface area contributed by atoms with Crippen molar-refractivity contribution < 1.29 is 14.6 Å². The second kappa shape index (κ2) is 10.6. The Labute approximate surface area is 175 Å². The van der Waals surface area contributed by atoms with Crippen LogP contribution in [0, 0.1) is 0 Å². The number of benzene rings is 3. The van der Waals surface area contributed by atoms with Crippen molar-refractivity contribution in [2.24, 2.45) is 0 Å². The molecule has 0 unspecified atom stereocenters. The predicted molar refractivity (Wildman–Crippen MR) is 114 cm³/mol. The molecule has 4 nitrogen and oxygen atoms in total. The quantitative estimate of drug-likeness (QED) is 0.462. The van der Waals surface area contributed by atoms with E-state index in [1.54, 1.807) is 12.1 Å². The molecule has 0 bridgehead atoms. The average molecular weight is 420 g/mol. The number of halogens is 2. The smallest absolute Gasteiger partial charge is 0.124 e. The van der Waals surface area contributed by atoms with Crippen molar-refractivity contribution in [3.63, 3.8) is 0 Å². The number of fused-ring (bicyclic) bond motifs is 1. The molecule has 0 atom stereocenters. The van der Waals surface area contributed by atoms with Crippen molar-refractivity contribution in [2.45, 2.75) is 13.2 Å². The van der Waals surface area contributed by atoms with Crippen LogP contribution in [0.3, 0.4) is 0 Å². The van der Waals surface area contributed by atoms with Gasteiger partial charge in [0, 0.05) is 34.3 Å². The maximum Gasteiger partial charge on any atom is 0.124 e. The first-order valence-corrected chi connectivity index (χ1v) is 9.91. The Bertz CT molecular complexity index is 917. The highest BCUT2D eigenvalue weighted by atomic mass is 35.5. The van der Waals surface area contributed by atoms with E-state index in [1.165, 1.54) is 0 Å². The fraction of sp³-hybridized carbons (Fsp3) is 0.273. The fourth-order valence-corrected chi connectivity index (χ4v) is 3.42. The van der Waals surface area contributed by atoms with Gasteiger partial charge in [0.15, 0.2) is 0 Å². The van der Waals surface area contributed by atoms with Gasteiger partial charge in [0.25, 0.3) is 0 Å². The van der Waals surface area contributed by atoms with Crippen LogP contribution in [0.15, 0.2) is 54.6 Å². The van der Waals surface area contributed by atoms with E-state index in [0.717, 1.165) is 27.6 Å². The number of rotatable bonds is 10. The van der Waals surface area contributed by atoms with E-state index in [2.05, 4.69) is 23.5 Å². The van der Waals surface area contributed by atoms with Gasteiger partial charge in [-0.25, -0.2) is 0 Å². The number of ether oxygens (including phenoxy) is 2. The van der Waals surface area contributed by atoms with Crippen molar-refractivity contribution in [2.75, 3.05) is 26.4 Å². The lowest BCUT2D eigenvalue weighted by Gasteiger charge is -2.16. The van der Waals surface area contributed by atoms with Gasteiger partial charge in [-0.05, 0) is 29.0 Å². The van der Waals surface area contributed by atoms with Crippen molar-refractivity contribution in [1.82, 2.24) is 5.32 Å². The highest BCUT2D eigenvalue weighted by Crippen LogP contribution is 2.30. The Morgan fingerprint density at radius 3 is 2.64 bits per heavy atom. The summed E-state index contributed by atoms with van der Waals surface area (Å²) in [5, 5.41) is 15.6. The van der Waals surface area contributed by atoms with Gasteiger partial charge in [-0.3, -0.25) is 0 Å². The minimum absolute atomic E-state index is 0.0363. The molecule has 0 fully saturated rings. The summed E-state index contributed by atoms with van der Waals surface area (Å²) in [6.45, 7) is 2.63. The minimum atomic E-state index is 0.0363. The molecule has 0 spiro atoms. The second-order valence-corrected chi connectivity index (χ2v) is 7.14. The van der Waals surface area contributed by atoms with Crippen molar-refractivity contribution in [3.8, 4) is 5.75 Å². The summed E-state index contributed by atoms with van der Waals surface area (Å²) in [5.41, 5.74) is 1.97. The Morgan fingerprint density at radius 1 is 0.964 bits per heavy atom. The number of hydrogen-bond donors (Lipinski definition) is 2. The van der Waals surface area contributed by atoms with E-state index >= 15 is 0 Å². The molecule has 28 heavy (non-hydrogen) atoms. The average Bonchev–Trinajstić information content (AvgIpc) is 2.70. The van der Waals surface area contributed by atoms with Crippen LogP contribution >= 0.6 is 23.2 Å². The maximum atomic E-state index is 8.76. The SMILES string of the molecule is OCCOCCNCc1c(OCc2ccc(Cl)cc2Cl)ccc2ccccc12. The van der Waals surface area contributed by atoms with Crippen LogP contribution in [-0.2, 0) is 17.9 Å². The van der Waals surface area contributed by atoms with E-state index < -0.39 is 0 Å². The minimum Gasteiger partial charge on any atom is -0.488 e. The summed E-state index contributed by atoms with van der Waals surface area (Å²) in [5.74, 6) is 0.813. The third kappa shape index (κ3) is 5.60. The molecular formula is C22H23Cl2NO3. The van der Waals surface area contributed by atoms with Gasteiger partial charge in [-0.2, -0.15) is 0 Å². The molecule has 0 aromatic heterocycles. The maximum absolute atomic E-state index is 8.76. The number of aliphatic hydroxyl groups is 1. The molecule has 0 heterocycles. The largest absolute Gasteiger partial charge is 0.488 e. The first-order chi connectivity index (χ1) is 13.7. The topological polar surface area (TPSA) is 50.7 Å². The molecule has 148 valence electrons. The number of nitrogens with one attached hydrogen (secondary N) is 1. The molecule has 3 aromatic rings. The molecule has 3 aromatic carbocycles. The van der Waals surface area contributed by atoms with E-state index in [1.807, 2.05) is 24.3 Å². The van der Waals surface area contributed by atoms with Gasteiger partial charge in [0.05, 0.1) is 19.8 Å². The van der Waals surface area contributed by atoms with Crippen molar-refractivity contribution >= 4 is 34.0 Å². The lowest BCUT2D eigenvalue weighted by molar-refractivity contribution is 0.0938. The van der Waals surface area contributed by atoms with Crippen LogP contribution in [-0.4, -0.2) is 31.5 Å². The third-order valence-corrected chi connectivity index (χ3v) is 4.94. The van der Waals surface area contributed by atoms with Gasteiger partial charge >= 0.3 is 0 Å². The van der Waals surface area contributed by atoms with Crippen molar-refractivity contribution in [1.29, 1.82) is 0 Å². The third-order valence-electron chi connectivity index (χ3n) is 4.36. The Morgan fingerprint density at radius 2 is 1.82 bits per heavy atom. The second-order valence-electron chi connectivity index (χ2n) is 6.30. The van der Waals surface area contributed by atoms with Crippen LogP contribution in [0.25, 0.3) is 10.8 Å². The lowest BCUT2D eigenvalue weighted by Crippen LogP contribution is -2.20. The molecule has 0 amide bonds. The molecule has 2 N–H and O–H groups in total. The van der Waals surface area contributed by atoms with Crippen LogP contribution in [0.4, 0.5) is 0 Å². The van der Waals surface area contributed by atoms with E-state index in [0.29, 0.717) is 43.0 Å². The zero-order valence-corrected chi connectivity index (χ0v) is 17.0. The summed E-state index contributed by atoms with van der Waals surface area (Å²) in [6, 6.07) is 17.7. The van der Waals surface area contributed by atoms with E-state index in [9.17, 15) is 0 Å². The fourth-order valence-electron chi connectivity index (χ4n) is 2.95. The van der Waals surface area contributed by atoms with E-state index in [-0.39, 0.29) is 6.61 Å². The molecular weight excluding hydrogens is 397 g/mol. The highest BCUT2D eigenvalue weighted by molar-refractivity contribution is 6.35. The summed E-state index contributed by atoms with van der Waals surface area (Å²) >= 11 is 12.2. The summed E-state index contributed by atoms with van der Waals surface area (Å²) in [4.78, 5) is 0. The monoisotopic (exact) mass is 419 g/mol. The Kier molecular flexibility index (Phi) is 7.95. The zero-order chi connectivity index (χ0) is 19.8. The first-order valence-electron chi connectivity index (χ1n) is 9.15. The molecule has 0 saturated carbocycles. The zero-order valence-electron chi connectivity index (χ0n) is 15.5. The van der Waals surface area contributed by atoms with Gasteiger partial charge in [0.2, 0.25) is 0 Å². The first kappa shape index (κ1) is 20.9. The predicted octanol–water partition coefficient (Wildman–Crippen LogP) is 4.82. The lowest BCUT2D eigenvalue weighted by atomic mass is 10.0. The standard InChI is InChI=1S/C22H23Cl2NO3/c23-18-7-5-17(21(24)13-18)15-28-22-8-6-16-3-1-2-4-19(16)20(22)14-25-9-11-27-12-10-26/h1-8,13,25-26H,9-12,14-15H2. The van der Waals surface area contributed by atoms with Gasteiger partial charge in [-0.15, -0.1) is 0 Å². The van der Waals surface area contributed by atoms with Gasteiger partial charge < -0.3 is 19.9 Å². The van der Waals surface area contributed by atoms with Crippen LogP contribution in [0.1, 0.15) is 11.1 Å². The molecule has 0 aliphatic heterocycles. The summed E-state index contributed by atoms with van der Waals surface area (Å²) in [7, 11) is 0. The van der Waals surface area contributed by atoms with Gasteiger partial charge in [0.1, 0.15) is 12.4 Å². The molecule has 0 radical (unpaired) electrons. The van der Waals surface area contributed by atoms with Crippen molar-refractivity contribution in [3.05, 3.63) is 75.8 Å². The summed E-state index contributed by atoms with van der Waals surface area (Å²) < 4.78 is 11.4. The number of hydrogen-bond acceptors (Lipinski definition) is 4. The summed E-state index contributed by atoms with van der Waals surface area (Å²) in [6.07, 6.45) is 0. The highest BCUT2D eigenvalue weighted by Gasteiger charge is 2.10. The van der Waals surface area contributed by atoms with Crippen LogP contribution < -0.4 is 10.1 Å². The molecule has 6 heteroatoms. The molecule has 0 aliphatic carbocycles. The van der Waals surface area contributed by atoms with Gasteiger partial charge in [-0.1, -0.05) is 59.6 Å².